The quantitative estimate of drug-likeness (QED) is 0.833. The van der Waals surface area contributed by atoms with Crippen LogP contribution in [0.4, 0.5) is 13.2 Å². The van der Waals surface area contributed by atoms with Gasteiger partial charge in [0.1, 0.15) is 6.10 Å². The van der Waals surface area contributed by atoms with Gasteiger partial charge >= 0.3 is 12.1 Å². The van der Waals surface area contributed by atoms with Crippen LogP contribution < -0.4 is 0 Å². The number of amides is 1. The van der Waals surface area contributed by atoms with Crippen molar-refractivity contribution in [2.45, 2.75) is 51.1 Å². The van der Waals surface area contributed by atoms with E-state index in [4.69, 9.17) is 19.4 Å². The monoisotopic (exact) mass is 404 g/mol. The Bertz CT molecular complexity index is 698. The fourth-order valence-corrected chi connectivity index (χ4v) is 3.39. The van der Waals surface area contributed by atoms with Gasteiger partial charge in [0.2, 0.25) is 0 Å². The molecule has 3 atom stereocenters. The van der Waals surface area contributed by atoms with Gasteiger partial charge in [-0.2, -0.15) is 13.2 Å². The highest BCUT2D eigenvalue weighted by molar-refractivity contribution is 5.94. The summed E-state index contributed by atoms with van der Waals surface area (Å²) in [6.45, 7) is 5.78. The summed E-state index contributed by atoms with van der Waals surface area (Å²) in [6, 6.07) is 2.01. The lowest BCUT2D eigenvalue weighted by molar-refractivity contribution is -0.192. The minimum atomic E-state index is -5.08. The number of rotatable bonds is 3. The Labute approximate surface area is 160 Å². The number of alkyl halides is 3. The highest BCUT2D eigenvalue weighted by atomic mass is 19.4. The van der Waals surface area contributed by atoms with E-state index in [9.17, 15) is 18.0 Å². The Hall–Kier alpha value is -2.20. The minimum absolute atomic E-state index is 0.000724. The number of carbonyl (C=O) groups is 2. The van der Waals surface area contributed by atoms with Gasteiger partial charge in [0.25, 0.3) is 5.91 Å². The molecule has 3 rings (SSSR count). The van der Waals surface area contributed by atoms with Gasteiger partial charge in [-0.15, -0.1) is 0 Å². The van der Waals surface area contributed by atoms with Gasteiger partial charge in [0.05, 0.1) is 24.3 Å². The molecule has 1 saturated heterocycles. The molecule has 1 amide bonds. The van der Waals surface area contributed by atoms with Gasteiger partial charge in [-0.3, -0.25) is 9.78 Å². The van der Waals surface area contributed by atoms with Crippen molar-refractivity contribution in [3.05, 3.63) is 29.6 Å². The molecule has 7 nitrogen and oxygen atoms in total. The van der Waals surface area contributed by atoms with Crippen LogP contribution in [-0.2, 0) is 14.3 Å². The normalized spacial score (nSPS) is 24.2. The maximum Gasteiger partial charge on any atom is 0.490 e. The van der Waals surface area contributed by atoms with Crippen LogP contribution in [0.1, 0.15) is 35.7 Å². The van der Waals surface area contributed by atoms with E-state index < -0.39 is 12.1 Å². The van der Waals surface area contributed by atoms with Gasteiger partial charge in [-0.25, -0.2) is 4.79 Å². The van der Waals surface area contributed by atoms with E-state index in [1.807, 2.05) is 24.8 Å². The molecule has 0 radical (unpaired) electrons. The van der Waals surface area contributed by atoms with E-state index in [2.05, 4.69) is 4.98 Å². The number of carboxylic acid groups (broad SMARTS) is 1. The minimum Gasteiger partial charge on any atom is -0.475 e. The molecule has 3 unspecified atom stereocenters. The number of carboxylic acids is 1. The van der Waals surface area contributed by atoms with Crippen LogP contribution in [-0.4, -0.2) is 71.1 Å². The summed E-state index contributed by atoms with van der Waals surface area (Å²) < 4.78 is 43.5. The highest BCUT2D eigenvalue weighted by Gasteiger charge is 2.44. The fourth-order valence-electron chi connectivity index (χ4n) is 3.39. The Kier molecular flexibility index (Phi) is 7.36. The lowest BCUT2D eigenvalue weighted by atomic mass is 10.1. The first-order valence-corrected chi connectivity index (χ1v) is 8.91. The van der Waals surface area contributed by atoms with Crippen molar-refractivity contribution in [2.24, 2.45) is 0 Å². The number of hydrogen-bond acceptors (Lipinski definition) is 5. The third kappa shape index (κ3) is 5.41. The molecule has 28 heavy (non-hydrogen) atoms. The molecule has 1 aliphatic heterocycles. The zero-order valence-electron chi connectivity index (χ0n) is 15.6. The van der Waals surface area contributed by atoms with Crippen molar-refractivity contribution in [2.75, 3.05) is 19.8 Å². The second-order valence-electron chi connectivity index (χ2n) is 6.53. The van der Waals surface area contributed by atoms with Crippen LogP contribution in [0, 0.1) is 6.92 Å². The molecule has 1 N–H and O–H groups in total. The first-order valence-electron chi connectivity index (χ1n) is 8.91. The molecule has 2 heterocycles. The highest BCUT2D eigenvalue weighted by Crippen LogP contribution is 2.32. The largest absolute Gasteiger partial charge is 0.490 e. The molecule has 1 aromatic rings. The van der Waals surface area contributed by atoms with Crippen molar-refractivity contribution < 1.29 is 37.3 Å². The summed E-state index contributed by atoms with van der Waals surface area (Å²) in [5.74, 6) is -2.72. The molecule has 0 aromatic carbocycles. The van der Waals surface area contributed by atoms with E-state index in [1.165, 1.54) is 0 Å². The van der Waals surface area contributed by atoms with Crippen LogP contribution in [0.25, 0.3) is 0 Å². The molecule has 1 saturated carbocycles. The number of ether oxygens (including phenoxy) is 2. The van der Waals surface area contributed by atoms with E-state index in [0.29, 0.717) is 25.3 Å². The Morgan fingerprint density at radius 1 is 1.36 bits per heavy atom. The third-order valence-electron chi connectivity index (χ3n) is 4.54. The van der Waals surface area contributed by atoms with Crippen molar-refractivity contribution in [3.63, 3.8) is 0 Å². The number of aryl methyl sites for hydroxylation is 1. The molecule has 10 heteroatoms. The summed E-state index contributed by atoms with van der Waals surface area (Å²) in [7, 11) is 0. The van der Waals surface area contributed by atoms with Gasteiger partial charge in [-0.05, 0) is 38.3 Å². The van der Waals surface area contributed by atoms with E-state index in [0.717, 1.165) is 18.4 Å². The number of aromatic nitrogens is 1. The van der Waals surface area contributed by atoms with Crippen LogP contribution in [0.2, 0.25) is 0 Å². The van der Waals surface area contributed by atoms with Gasteiger partial charge in [0.15, 0.2) is 0 Å². The predicted molar refractivity (Wildman–Crippen MR) is 91.9 cm³/mol. The molecule has 0 spiro atoms. The van der Waals surface area contributed by atoms with Crippen molar-refractivity contribution in [3.8, 4) is 0 Å². The maximum absolute atomic E-state index is 12.8. The molecule has 2 fully saturated rings. The number of halogens is 3. The fraction of sp³-hybridized carbons (Fsp3) is 0.611. The molecule has 1 aromatic heterocycles. The number of carbonyl (C=O) groups excluding carboxylic acids is 1. The van der Waals surface area contributed by atoms with Crippen molar-refractivity contribution in [1.82, 2.24) is 9.88 Å². The van der Waals surface area contributed by atoms with Crippen LogP contribution >= 0.6 is 0 Å². The van der Waals surface area contributed by atoms with Gasteiger partial charge in [0, 0.05) is 25.5 Å². The van der Waals surface area contributed by atoms with Crippen LogP contribution in [0.5, 0.6) is 0 Å². The average molecular weight is 404 g/mol. The number of fused-ring (bicyclic) bond motifs is 2. The topological polar surface area (TPSA) is 89.0 Å². The van der Waals surface area contributed by atoms with E-state index >= 15 is 0 Å². The number of aliphatic carboxylic acids is 1. The second kappa shape index (κ2) is 9.33. The standard InChI is InChI=1S/C16H22N2O3.C2HF3O2/c1-3-20-15-13-4-5-14(15)21-7-6-18(13)16(19)12-8-11(2)9-17-10-12;3-2(4,5)1(6)7/h8-10,13-15H,3-7H2,1-2H3;(H,6,7). The number of hydrogen-bond donors (Lipinski definition) is 1. The third-order valence-corrected chi connectivity index (χ3v) is 4.54. The maximum atomic E-state index is 12.8. The second-order valence-corrected chi connectivity index (χ2v) is 6.53. The first kappa shape index (κ1) is 22.1. The molecule has 1 aliphatic carbocycles. The average Bonchev–Trinajstić information content (AvgIpc) is 2.90. The zero-order valence-corrected chi connectivity index (χ0v) is 15.6. The molecule has 156 valence electrons. The smallest absolute Gasteiger partial charge is 0.475 e. The Morgan fingerprint density at radius 3 is 2.61 bits per heavy atom. The summed E-state index contributed by atoms with van der Waals surface area (Å²) in [5, 5.41) is 7.12. The molecule has 2 aliphatic rings. The predicted octanol–water partition coefficient (Wildman–Crippen LogP) is 2.43. The molecular weight excluding hydrogens is 381 g/mol. The lowest BCUT2D eigenvalue weighted by Gasteiger charge is -2.31. The van der Waals surface area contributed by atoms with E-state index in [1.54, 1.807) is 12.4 Å². The van der Waals surface area contributed by atoms with Gasteiger partial charge < -0.3 is 19.5 Å². The summed E-state index contributed by atoms with van der Waals surface area (Å²) in [4.78, 5) is 27.8. The molecular formula is C18H23F3N2O5. The van der Waals surface area contributed by atoms with Crippen molar-refractivity contribution in [1.29, 1.82) is 0 Å². The SMILES string of the molecule is CCOC1C2CCC1N(C(=O)c1cncc(C)c1)CCO2.O=C(O)C(F)(F)F. The van der Waals surface area contributed by atoms with Gasteiger partial charge in [-0.1, -0.05) is 0 Å². The number of pyridine rings is 1. The van der Waals surface area contributed by atoms with Crippen LogP contribution in [0.15, 0.2) is 18.5 Å². The molecule has 2 bridgehead atoms. The lowest BCUT2D eigenvalue weighted by Crippen LogP contribution is -2.46. The van der Waals surface area contributed by atoms with Crippen molar-refractivity contribution >= 4 is 11.9 Å². The summed E-state index contributed by atoms with van der Waals surface area (Å²) in [6.07, 6.45) is 0.355. The van der Waals surface area contributed by atoms with Crippen LogP contribution in [0.3, 0.4) is 0 Å². The number of nitrogens with zero attached hydrogens (tertiary/aromatic N) is 2. The summed E-state index contributed by atoms with van der Waals surface area (Å²) >= 11 is 0. The van der Waals surface area contributed by atoms with E-state index in [-0.39, 0.29) is 24.2 Å². The zero-order chi connectivity index (χ0) is 20.9. The first-order chi connectivity index (χ1) is 13.1. The summed E-state index contributed by atoms with van der Waals surface area (Å²) in [5.41, 5.74) is 1.65. The Morgan fingerprint density at radius 2 is 2.04 bits per heavy atom. The Balaban J connectivity index is 0.000000345.